The standard InChI is InChI=1S/C12H11ClFN5O6/c13-5-3-4(1-2-6(5)14)19-12(16)17-11(15)18-24-9(22)7(20)8(21)10(23)25-19/h1-3,7-8,20-21H,(H4,15,16,17,18). The van der Waals surface area contributed by atoms with Crippen LogP contribution in [-0.2, 0) is 19.3 Å². The molecule has 1 aliphatic rings. The number of anilines is 1. The van der Waals surface area contributed by atoms with Crippen LogP contribution in [0.5, 0.6) is 0 Å². The van der Waals surface area contributed by atoms with Gasteiger partial charge in [0.25, 0.3) is 5.96 Å². The van der Waals surface area contributed by atoms with E-state index in [-0.39, 0.29) is 10.7 Å². The van der Waals surface area contributed by atoms with Crippen LogP contribution < -0.4 is 16.5 Å². The number of aliphatic hydroxyl groups excluding tert-OH is 2. The third-order valence-electron chi connectivity index (χ3n) is 2.77. The van der Waals surface area contributed by atoms with Gasteiger partial charge in [-0.15, -0.1) is 5.06 Å². The summed E-state index contributed by atoms with van der Waals surface area (Å²) in [5, 5.41) is 22.4. The first-order valence-corrected chi connectivity index (χ1v) is 6.80. The number of aliphatic hydroxyl groups is 2. The number of carbonyl (C=O) groups is 2. The molecule has 0 saturated carbocycles. The number of rotatable bonds is 1. The molecule has 0 spiro atoms. The van der Waals surface area contributed by atoms with Crippen LogP contribution in [0.15, 0.2) is 28.3 Å². The summed E-state index contributed by atoms with van der Waals surface area (Å²) in [5.74, 6) is -5.02. The van der Waals surface area contributed by atoms with Gasteiger partial charge in [0.2, 0.25) is 5.96 Å². The number of hydroxylamine groups is 1. The third-order valence-corrected chi connectivity index (χ3v) is 3.06. The maximum absolute atomic E-state index is 13.3. The van der Waals surface area contributed by atoms with Crippen LogP contribution in [0.25, 0.3) is 0 Å². The molecule has 0 saturated heterocycles. The minimum absolute atomic E-state index is 0.0815. The molecule has 1 aromatic rings. The second-order valence-electron chi connectivity index (χ2n) is 4.52. The third kappa shape index (κ3) is 4.12. The summed E-state index contributed by atoms with van der Waals surface area (Å²) in [6.45, 7) is 0. The SMILES string of the molecule is NC1=N/OC(=O)C(O)C(O)C(=O)ON(c2ccc(F)c(Cl)c2)\C(N)=N\1. The topological polar surface area (TPSA) is 173 Å². The molecular formula is C12H11ClFN5O6. The van der Waals surface area contributed by atoms with Gasteiger partial charge in [0.15, 0.2) is 12.2 Å². The molecule has 0 fully saturated rings. The molecule has 0 aromatic heterocycles. The average molecular weight is 376 g/mol. The quantitative estimate of drug-likeness (QED) is 0.429. The molecule has 0 amide bonds. The summed E-state index contributed by atoms with van der Waals surface area (Å²) in [4.78, 5) is 35.8. The minimum atomic E-state index is -2.34. The van der Waals surface area contributed by atoms with E-state index in [9.17, 15) is 24.2 Å². The molecule has 2 rings (SSSR count). The van der Waals surface area contributed by atoms with Gasteiger partial charge in [-0.25, -0.2) is 14.0 Å². The lowest BCUT2D eigenvalue weighted by Crippen LogP contribution is -2.46. The number of oxime groups is 1. The number of hydrogen-bond acceptors (Lipinski definition) is 11. The van der Waals surface area contributed by atoms with Gasteiger partial charge in [-0.05, 0) is 23.4 Å². The summed E-state index contributed by atoms with van der Waals surface area (Å²) >= 11 is 5.65. The summed E-state index contributed by atoms with van der Waals surface area (Å²) in [6.07, 6.45) is -4.66. The van der Waals surface area contributed by atoms with Gasteiger partial charge in [0.1, 0.15) is 5.82 Å². The Balaban J connectivity index is 2.48. The van der Waals surface area contributed by atoms with E-state index in [4.69, 9.17) is 27.9 Å². The van der Waals surface area contributed by atoms with Crippen molar-refractivity contribution in [2.45, 2.75) is 12.2 Å². The van der Waals surface area contributed by atoms with E-state index < -0.39 is 41.9 Å². The number of nitrogens with two attached hydrogens (primary N) is 2. The van der Waals surface area contributed by atoms with Gasteiger partial charge in [0, 0.05) is 0 Å². The fourth-order valence-electron chi connectivity index (χ4n) is 1.57. The Morgan fingerprint density at radius 1 is 1.20 bits per heavy atom. The van der Waals surface area contributed by atoms with Crippen LogP contribution in [0.4, 0.5) is 10.1 Å². The van der Waals surface area contributed by atoms with Crippen LogP contribution in [-0.4, -0.2) is 46.3 Å². The highest BCUT2D eigenvalue weighted by molar-refractivity contribution is 6.31. The molecule has 134 valence electrons. The van der Waals surface area contributed by atoms with Gasteiger partial charge < -0.3 is 31.4 Å². The smallest absolute Gasteiger partial charge is 0.366 e. The molecule has 0 aliphatic carbocycles. The van der Waals surface area contributed by atoms with Crippen molar-refractivity contribution >= 4 is 41.1 Å². The van der Waals surface area contributed by atoms with Crippen molar-refractivity contribution in [2.24, 2.45) is 21.6 Å². The number of halogens is 2. The second kappa shape index (κ2) is 7.29. The number of benzene rings is 1. The monoisotopic (exact) mass is 375 g/mol. The van der Waals surface area contributed by atoms with Crippen LogP contribution in [0.3, 0.4) is 0 Å². The molecule has 2 unspecified atom stereocenters. The number of carbonyl (C=O) groups excluding carboxylic acids is 2. The van der Waals surface area contributed by atoms with E-state index >= 15 is 0 Å². The molecule has 0 radical (unpaired) electrons. The highest BCUT2D eigenvalue weighted by Gasteiger charge is 2.36. The summed E-state index contributed by atoms with van der Waals surface area (Å²) in [6, 6.07) is 3.09. The normalized spacial score (nSPS) is 26.5. The zero-order valence-corrected chi connectivity index (χ0v) is 12.9. The Hall–Kier alpha value is -2.96. The lowest BCUT2D eigenvalue weighted by atomic mass is 10.2. The van der Waals surface area contributed by atoms with E-state index in [1.807, 2.05) is 0 Å². The number of hydrogen-bond donors (Lipinski definition) is 4. The van der Waals surface area contributed by atoms with Crippen molar-refractivity contribution in [1.29, 1.82) is 0 Å². The van der Waals surface area contributed by atoms with Crippen LogP contribution >= 0.6 is 11.6 Å². The van der Waals surface area contributed by atoms with E-state index in [2.05, 4.69) is 15.0 Å². The van der Waals surface area contributed by atoms with Crippen molar-refractivity contribution < 1.29 is 33.9 Å². The predicted molar refractivity (Wildman–Crippen MR) is 81.3 cm³/mol. The van der Waals surface area contributed by atoms with Gasteiger partial charge in [-0.3, -0.25) is 0 Å². The molecule has 1 aromatic carbocycles. The summed E-state index contributed by atoms with van der Waals surface area (Å²) in [7, 11) is 0. The zero-order valence-electron chi connectivity index (χ0n) is 12.2. The molecular weight excluding hydrogens is 365 g/mol. The van der Waals surface area contributed by atoms with E-state index in [0.717, 1.165) is 18.2 Å². The molecule has 1 heterocycles. The molecule has 13 heteroatoms. The Labute approximate surface area is 143 Å². The Bertz CT molecular complexity index is 772. The first-order chi connectivity index (χ1) is 11.7. The van der Waals surface area contributed by atoms with Crippen molar-refractivity contribution in [3.63, 3.8) is 0 Å². The fourth-order valence-corrected chi connectivity index (χ4v) is 1.75. The first kappa shape index (κ1) is 18.4. The largest absolute Gasteiger partial charge is 0.379 e. The zero-order chi connectivity index (χ0) is 18.7. The predicted octanol–water partition coefficient (Wildman–Crippen LogP) is -1.43. The number of nitrogens with zero attached hydrogens (tertiary/aromatic N) is 3. The molecule has 6 N–H and O–H groups in total. The highest BCUT2D eigenvalue weighted by atomic mass is 35.5. The van der Waals surface area contributed by atoms with E-state index in [1.54, 1.807) is 0 Å². The molecule has 1 aliphatic heterocycles. The van der Waals surface area contributed by atoms with E-state index in [0.29, 0.717) is 5.06 Å². The Kier molecular flexibility index (Phi) is 5.36. The van der Waals surface area contributed by atoms with Crippen LogP contribution in [0, 0.1) is 5.82 Å². The molecule has 0 bridgehead atoms. The van der Waals surface area contributed by atoms with Crippen molar-refractivity contribution in [3.05, 3.63) is 29.0 Å². The fraction of sp³-hybridized carbons (Fsp3) is 0.167. The first-order valence-electron chi connectivity index (χ1n) is 6.42. The lowest BCUT2D eigenvalue weighted by Gasteiger charge is -2.23. The van der Waals surface area contributed by atoms with Gasteiger partial charge >= 0.3 is 11.9 Å². The number of aliphatic imine (C=N–C) groups is 1. The van der Waals surface area contributed by atoms with Gasteiger partial charge in [-0.1, -0.05) is 11.6 Å². The lowest BCUT2D eigenvalue weighted by molar-refractivity contribution is -0.172. The van der Waals surface area contributed by atoms with Gasteiger partial charge in [0.05, 0.1) is 10.7 Å². The highest BCUT2D eigenvalue weighted by Crippen LogP contribution is 2.23. The summed E-state index contributed by atoms with van der Waals surface area (Å²) < 4.78 is 13.3. The minimum Gasteiger partial charge on any atom is -0.379 e. The van der Waals surface area contributed by atoms with Crippen molar-refractivity contribution in [2.75, 3.05) is 5.06 Å². The Morgan fingerprint density at radius 3 is 2.48 bits per heavy atom. The number of guanidine groups is 2. The maximum Gasteiger partial charge on any atom is 0.366 e. The van der Waals surface area contributed by atoms with Crippen molar-refractivity contribution in [3.8, 4) is 0 Å². The molecule has 11 nitrogen and oxygen atoms in total. The average Bonchev–Trinajstić information content (AvgIpc) is 2.58. The second-order valence-corrected chi connectivity index (χ2v) is 4.93. The summed E-state index contributed by atoms with van der Waals surface area (Å²) in [5.41, 5.74) is 10.9. The van der Waals surface area contributed by atoms with Crippen LogP contribution in [0.2, 0.25) is 5.02 Å². The maximum atomic E-state index is 13.3. The molecule has 25 heavy (non-hydrogen) atoms. The molecule has 2 atom stereocenters. The Morgan fingerprint density at radius 2 is 1.84 bits per heavy atom. The van der Waals surface area contributed by atoms with Crippen LogP contribution in [0.1, 0.15) is 0 Å². The van der Waals surface area contributed by atoms with Crippen molar-refractivity contribution in [1.82, 2.24) is 0 Å². The van der Waals surface area contributed by atoms with Gasteiger partial charge in [-0.2, -0.15) is 4.99 Å². The van der Waals surface area contributed by atoms with E-state index in [1.165, 1.54) is 0 Å².